The lowest BCUT2D eigenvalue weighted by atomic mass is 10.0. The summed E-state index contributed by atoms with van der Waals surface area (Å²) in [5.41, 5.74) is 5.09. The molecule has 0 saturated carbocycles. The highest BCUT2D eigenvalue weighted by atomic mass is 16.5. The summed E-state index contributed by atoms with van der Waals surface area (Å²) in [5.74, 6) is 0. The Kier molecular flexibility index (Phi) is 4.46. The molecule has 0 amide bonds. The number of morpholine rings is 1. The zero-order valence-corrected chi connectivity index (χ0v) is 15.5. The van der Waals surface area contributed by atoms with Crippen LogP contribution in [-0.2, 0) is 14.3 Å². The fourth-order valence-electron chi connectivity index (χ4n) is 4.03. The molecule has 2 aliphatic rings. The minimum atomic E-state index is -0.597. The number of benzene rings is 2. The summed E-state index contributed by atoms with van der Waals surface area (Å²) in [6.45, 7) is 3.83. The average Bonchev–Trinajstić information content (AvgIpc) is 3.40. The van der Waals surface area contributed by atoms with Crippen LogP contribution in [0.5, 0.6) is 0 Å². The second-order valence-electron chi connectivity index (χ2n) is 7.08. The van der Waals surface area contributed by atoms with Crippen LogP contribution in [0.4, 0.5) is 11.4 Å². The van der Waals surface area contributed by atoms with Crippen molar-refractivity contribution < 1.29 is 14.3 Å². The molecule has 1 N–H and O–H groups in total. The molecular weight excluding hydrogens is 356 g/mol. The first-order chi connectivity index (χ1) is 13.8. The molecule has 2 aliphatic heterocycles. The van der Waals surface area contributed by atoms with Crippen LogP contribution in [0.2, 0.25) is 0 Å². The Labute approximate surface area is 162 Å². The molecule has 1 unspecified atom stereocenters. The van der Waals surface area contributed by atoms with Gasteiger partial charge in [-0.25, -0.2) is 4.98 Å². The van der Waals surface area contributed by atoms with Crippen molar-refractivity contribution in [1.82, 2.24) is 9.97 Å². The van der Waals surface area contributed by atoms with Crippen molar-refractivity contribution in [3.63, 3.8) is 0 Å². The number of aromatic nitrogens is 2. The van der Waals surface area contributed by atoms with E-state index in [1.807, 2.05) is 23.1 Å². The van der Waals surface area contributed by atoms with Crippen molar-refractivity contribution in [3.8, 4) is 0 Å². The van der Waals surface area contributed by atoms with Gasteiger partial charge < -0.3 is 24.3 Å². The van der Waals surface area contributed by atoms with Gasteiger partial charge in [-0.2, -0.15) is 0 Å². The minimum absolute atomic E-state index is 0.0228. The van der Waals surface area contributed by atoms with Gasteiger partial charge in [-0.15, -0.1) is 0 Å². The van der Waals surface area contributed by atoms with E-state index in [0.717, 1.165) is 54.9 Å². The maximum Gasteiger partial charge on any atom is 0.187 e. The topological polar surface area (TPSA) is 70.7 Å². The number of hydrogen-bond donors (Lipinski definition) is 1. The molecule has 0 radical (unpaired) electrons. The maximum atomic E-state index is 11.6. The van der Waals surface area contributed by atoms with Crippen LogP contribution in [0.15, 0.2) is 48.8 Å². The van der Waals surface area contributed by atoms with Crippen LogP contribution in [0.1, 0.15) is 11.6 Å². The third-order valence-corrected chi connectivity index (χ3v) is 5.51. The van der Waals surface area contributed by atoms with Gasteiger partial charge in [0.1, 0.15) is 0 Å². The predicted molar refractivity (Wildman–Crippen MR) is 107 cm³/mol. The third kappa shape index (κ3) is 3.02. The molecule has 3 aromatic rings. The highest BCUT2D eigenvalue weighted by Crippen LogP contribution is 2.36. The summed E-state index contributed by atoms with van der Waals surface area (Å²) in [7, 11) is 0. The zero-order valence-electron chi connectivity index (χ0n) is 15.5. The molecule has 1 aromatic heterocycles. The van der Waals surface area contributed by atoms with Crippen molar-refractivity contribution in [2.24, 2.45) is 0 Å². The van der Waals surface area contributed by atoms with E-state index in [-0.39, 0.29) is 6.04 Å². The number of aromatic amines is 1. The molecular formula is C21H22N4O3. The summed E-state index contributed by atoms with van der Waals surface area (Å²) >= 11 is 0. The van der Waals surface area contributed by atoms with Gasteiger partial charge in [0.15, 0.2) is 12.5 Å². The van der Waals surface area contributed by atoms with Gasteiger partial charge in [0.2, 0.25) is 0 Å². The van der Waals surface area contributed by atoms with E-state index in [4.69, 9.17) is 9.47 Å². The summed E-state index contributed by atoms with van der Waals surface area (Å²) < 4.78 is 11.2. The largest absolute Gasteiger partial charge is 0.378 e. The number of nitrogens with one attached hydrogen (secondary N) is 1. The molecule has 0 spiro atoms. The number of nitrogens with zero attached hydrogens (tertiary/aromatic N) is 3. The Morgan fingerprint density at radius 3 is 2.64 bits per heavy atom. The molecule has 2 fully saturated rings. The molecule has 7 heteroatoms. The first-order valence-electron chi connectivity index (χ1n) is 9.54. The smallest absolute Gasteiger partial charge is 0.187 e. The third-order valence-electron chi connectivity index (χ3n) is 5.51. The quantitative estimate of drug-likeness (QED) is 0.704. The lowest BCUT2D eigenvalue weighted by molar-refractivity contribution is -0.115. The van der Waals surface area contributed by atoms with E-state index in [1.165, 1.54) is 5.69 Å². The first kappa shape index (κ1) is 17.2. The Hall–Kier alpha value is -2.90. The summed E-state index contributed by atoms with van der Waals surface area (Å²) in [6, 6.07) is 14.5. The van der Waals surface area contributed by atoms with E-state index >= 15 is 0 Å². The van der Waals surface area contributed by atoms with Crippen molar-refractivity contribution in [2.45, 2.75) is 12.3 Å². The second-order valence-corrected chi connectivity index (χ2v) is 7.08. The Morgan fingerprint density at radius 2 is 1.86 bits per heavy atom. The van der Waals surface area contributed by atoms with Crippen LogP contribution in [0, 0.1) is 0 Å². The highest BCUT2D eigenvalue weighted by Gasteiger charge is 2.35. The van der Waals surface area contributed by atoms with Crippen LogP contribution >= 0.6 is 0 Å². The fraction of sp³-hybridized carbons (Fsp3) is 0.333. The van der Waals surface area contributed by atoms with Gasteiger partial charge in [0, 0.05) is 24.5 Å². The standard InChI is InChI=1S/C21H22N4O3/c26-12-21-25(17-5-6-18-19(11-17)23-14-22-18)20(13-28-21)15-1-3-16(4-2-15)24-7-9-27-10-8-24/h1-6,11-12,14,20-21H,7-10,13H2,(H,22,23)/t20-,21?/m1/s1. The van der Waals surface area contributed by atoms with Crippen molar-refractivity contribution in [3.05, 3.63) is 54.4 Å². The maximum absolute atomic E-state index is 11.6. The molecule has 2 aromatic carbocycles. The Morgan fingerprint density at radius 1 is 1.07 bits per heavy atom. The Bertz CT molecular complexity index is 965. The molecule has 0 bridgehead atoms. The van der Waals surface area contributed by atoms with E-state index in [0.29, 0.717) is 6.61 Å². The van der Waals surface area contributed by atoms with E-state index < -0.39 is 6.23 Å². The van der Waals surface area contributed by atoms with E-state index in [1.54, 1.807) is 6.33 Å². The lowest BCUT2D eigenvalue weighted by Crippen LogP contribution is -2.36. The van der Waals surface area contributed by atoms with Crippen LogP contribution in [-0.4, -0.2) is 55.4 Å². The number of ether oxygens (including phenoxy) is 2. The van der Waals surface area contributed by atoms with E-state index in [2.05, 4.69) is 39.1 Å². The van der Waals surface area contributed by atoms with E-state index in [9.17, 15) is 4.79 Å². The normalized spacial score (nSPS) is 22.7. The number of fused-ring (bicyclic) bond motifs is 1. The van der Waals surface area contributed by atoms with Crippen LogP contribution in [0.25, 0.3) is 11.0 Å². The van der Waals surface area contributed by atoms with Crippen molar-refractivity contribution in [1.29, 1.82) is 0 Å². The molecule has 144 valence electrons. The summed E-state index contributed by atoms with van der Waals surface area (Å²) in [6.07, 6.45) is 1.94. The number of rotatable bonds is 4. The number of H-pyrrole nitrogens is 1. The SMILES string of the molecule is O=CC1OC[C@H](c2ccc(N3CCOCC3)cc2)N1c1ccc2[nH]cnc2c1. The lowest BCUT2D eigenvalue weighted by Gasteiger charge is -2.30. The zero-order chi connectivity index (χ0) is 18.9. The molecule has 5 rings (SSSR count). The predicted octanol–water partition coefficient (Wildman–Crippen LogP) is 2.50. The van der Waals surface area contributed by atoms with Gasteiger partial charge in [-0.1, -0.05) is 12.1 Å². The monoisotopic (exact) mass is 378 g/mol. The molecule has 7 nitrogen and oxygen atoms in total. The van der Waals surface area contributed by atoms with Crippen molar-refractivity contribution >= 4 is 28.7 Å². The number of imidazole rings is 1. The number of carbonyl (C=O) groups excluding carboxylic acids is 1. The van der Waals surface area contributed by atoms with Gasteiger partial charge in [-0.3, -0.25) is 4.79 Å². The molecule has 3 heterocycles. The van der Waals surface area contributed by atoms with Crippen LogP contribution in [0.3, 0.4) is 0 Å². The summed E-state index contributed by atoms with van der Waals surface area (Å²) in [5, 5.41) is 0. The van der Waals surface area contributed by atoms with Gasteiger partial charge in [0.05, 0.1) is 43.2 Å². The van der Waals surface area contributed by atoms with Gasteiger partial charge >= 0.3 is 0 Å². The number of anilines is 2. The fourth-order valence-corrected chi connectivity index (χ4v) is 4.03. The van der Waals surface area contributed by atoms with Crippen LogP contribution < -0.4 is 9.80 Å². The Balaban J connectivity index is 1.44. The van der Waals surface area contributed by atoms with Gasteiger partial charge in [0.25, 0.3) is 0 Å². The molecule has 2 saturated heterocycles. The summed E-state index contributed by atoms with van der Waals surface area (Å²) in [4.78, 5) is 23.4. The first-order valence-corrected chi connectivity index (χ1v) is 9.54. The number of carbonyl (C=O) groups is 1. The van der Waals surface area contributed by atoms with Crippen molar-refractivity contribution in [2.75, 3.05) is 42.7 Å². The highest BCUT2D eigenvalue weighted by molar-refractivity contribution is 5.80. The average molecular weight is 378 g/mol. The van der Waals surface area contributed by atoms with Gasteiger partial charge in [-0.05, 0) is 35.9 Å². The molecule has 2 atom stereocenters. The molecule has 0 aliphatic carbocycles. The number of aldehydes is 1. The minimum Gasteiger partial charge on any atom is -0.378 e. The number of hydrogen-bond acceptors (Lipinski definition) is 6. The second kappa shape index (κ2) is 7.26. The molecule has 28 heavy (non-hydrogen) atoms.